The predicted octanol–water partition coefficient (Wildman–Crippen LogP) is -3.62. The number of aliphatic hydroxyl groups is 1. The number of aliphatic imine (C=N–C) groups is 1. The number of aromatic hydroxyl groups is 1. The van der Waals surface area contributed by atoms with Gasteiger partial charge in [-0.25, -0.2) is 14.4 Å². The predicted molar refractivity (Wildman–Crippen MR) is 169 cm³/mol. The highest BCUT2D eigenvalue weighted by atomic mass is 16.5. The number of ether oxygens (including phenoxy) is 1. The van der Waals surface area contributed by atoms with Gasteiger partial charge in [-0.3, -0.25) is 29.0 Å². The first-order valence-electron chi connectivity index (χ1n) is 14.9. The van der Waals surface area contributed by atoms with Gasteiger partial charge in [0.15, 0.2) is 23.1 Å². The van der Waals surface area contributed by atoms with Crippen molar-refractivity contribution < 1.29 is 73.7 Å². The van der Waals surface area contributed by atoms with Crippen LogP contribution in [0.3, 0.4) is 0 Å². The minimum absolute atomic E-state index is 0.107. The quantitative estimate of drug-likeness (QED) is 0.0267. The molecule has 1 aliphatic rings. The molecule has 1 heterocycles. The van der Waals surface area contributed by atoms with Crippen molar-refractivity contribution in [2.24, 2.45) is 16.5 Å². The van der Waals surface area contributed by atoms with Crippen molar-refractivity contribution >= 4 is 59.5 Å². The number of guanidine groups is 1. The summed E-state index contributed by atoms with van der Waals surface area (Å²) in [6, 6.07) is -0.706. The molecule has 0 radical (unpaired) electrons. The largest absolute Gasteiger partial charge is 0.504 e. The van der Waals surface area contributed by atoms with Crippen molar-refractivity contribution in [2.75, 3.05) is 13.2 Å². The number of carbonyl (C=O) groups excluding carboxylic acids is 4. The van der Waals surface area contributed by atoms with E-state index in [4.69, 9.17) is 26.4 Å². The van der Waals surface area contributed by atoms with E-state index in [1.807, 2.05) is 5.32 Å². The molecule has 14 N–H and O–H groups in total. The Labute approximate surface area is 287 Å². The number of aliphatic carboxylic acids is 4. The lowest BCUT2D eigenvalue weighted by molar-refractivity contribution is -0.165. The summed E-state index contributed by atoms with van der Waals surface area (Å²) in [4.78, 5) is 99.1. The zero-order chi connectivity index (χ0) is 38.5. The van der Waals surface area contributed by atoms with Gasteiger partial charge < -0.3 is 68.1 Å². The highest BCUT2D eigenvalue weighted by Crippen LogP contribution is 2.28. The lowest BCUT2D eigenvalue weighted by atomic mass is 9.94. The van der Waals surface area contributed by atoms with Crippen molar-refractivity contribution in [3.8, 4) is 11.5 Å². The number of carboxylic acid groups (broad SMARTS) is 4. The van der Waals surface area contributed by atoms with E-state index < -0.39 is 109 Å². The summed E-state index contributed by atoms with van der Waals surface area (Å²) in [6.07, 6.45) is -2.34. The summed E-state index contributed by atoms with van der Waals surface area (Å²) in [5.74, 6) is -11.6. The number of nitrogens with one attached hydrogen (secondary N) is 4. The summed E-state index contributed by atoms with van der Waals surface area (Å²) in [6.45, 7) is -0.208. The van der Waals surface area contributed by atoms with Crippen molar-refractivity contribution in [3.05, 3.63) is 29.5 Å². The molecular weight excluding hydrogens is 686 g/mol. The van der Waals surface area contributed by atoms with Crippen molar-refractivity contribution in [3.63, 3.8) is 0 Å². The third-order valence-corrected chi connectivity index (χ3v) is 6.98. The third-order valence-electron chi connectivity index (χ3n) is 6.98. The van der Waals surface area contributed by atoms with Gasteiger partial charge in [-0.1, -0.05) is 6.07 Å². The Hall–Kier alpha value is -6.45. The minimum Gasteiger partial charge on any atom is -0.504 e. The number of hydrogen-bond acceptors (Lipinski definition) is 12. The van der Waals surface area contributed by atoms with Crippen LogP contribution in [0, 0.1) is 0 Å². The number of carboxylic acids is 4. The number of phenolic OH excluding ortho intramolecular Hbond substituents is 1. The lowest BCUT2D eigenvalue weighted by Gasteiger charge is -2.25. The number of benzene rings is 1. The standard InChI is InChI=1S/C29H37N7O15/c30-28(31)32-6-1-2-14-23(42)36-16(24(43)35-14)8-13-3-4-18(37)19(9-13)51-7-5-15(25(44)45)33-20(38)11-29(50,27(48)49)12-21(39)34-17(26(46)47)10-22(40)41/h3-4,8-9,14-15,17,37,50H,1-2,5-7,10-12H2,(H,33,38)(H,34,39)(H,35,43)(H,36,42)(H,40,41)(H,44,45)(H,46,47)(H,48,49)(H4,30,31,32)/b16-8-/t14-,15-,17-,29-/m0/s1. The van der Waals surface area contributed by atoms with Crippen LogP contribution in [0.2, 0.25) is 0 Å². The Bertz CT molecular complexity index is 1610. The average Bonchev–Trinajstić information content (AvgIpc) is 3.01. The second-order valence-corrected chi connectivity index (χ2v) is 11.1. The molecule has 0 bridgehead atoms. The third kappa shape index (κ3) is 13.2. The molecule has 22 nitrogen and oxygen atoms in total. The Kier molecular flexibility index (Phi) is 14.7. The van der Waals surface area contributed by atoms with Gasteiger partial charge in [0.05, 0.1) is 25.9 Å². The molecule has 0 aliphatic carbocycles. The molecule has 1 aliphatic heterocycles. The SMILES string of the molecule is NC(N)=NCCC[C@@H]1NC(=O)/C(=C/c2ccc(O)c(OCC[C@H](NC(=O)C[C@](O)(CC(=O)N[C@@H](CC(=O)O)C(=O)O)C(=O)O)C(=O)O)c2)NC1=O. The van der Waals surface area contributed by atoms with E-state index in [1.165, 1.54) is 24.3 Å². The van der Waals surface area contributed by atoms with E-state index in [0.29, 0.717) is 6.42 Å². The van der Waals surface area contributed by atoms with Gasteiger partial charge in [-0.05, 0) is 36.6 Å². The van der Waals surface area contributed by atoms with Crippen LogP contribution in [0.15, 0.2) is 28.9 Å². The zero-order valence-corrected chi connectivity index (χ0v) is 26.7. The number of piperazine rings is 1. The summed E-state index contributed by atoms with van der Waals surface area (Å²) < 4.78 is 5.44. The van der Waals surface area contributed by atoms with Crippen molar-refractivity contribution in [2.45, 2.75) is 62.3 Å². The molecule has 0 aromatic heterocycles. The van der Waals surface area contributed by atoms with E-state index in [-0.39, 0.29) is 35.9 Å². The fourth-order valence-electron chi connectivity index (χ4n) is 4.44. The lowest BCUT2D eigenvalue weighted by Crippen LogP contribution is -2.54. The van der Waals surface area contributed by atoms with Crippen LogP contribution in [0.4, 0.5) is 0 Å². The van der Waals surface area contributed by atoms with E-state index in [1.54, 1.807) is 5.32 Å². The molecule has 1 aromatic rings. The van der Waals surface area contributed by atoms with E-state index in [2.05, 4.69) is 15.6 Å². The first-order valence-corrected chi connectivity index (χ1v) is 14.9. The normalized spacial score (nSPS) is 17.0. The molecule has 4 amide bonds. The fraction of sp³-hybridized carbons (Fsp3) is 0.414. The number of rotatable bonds is 20. The van der Waals surface area contributed by atoms with Gasteiger partial charge in [-0.15, -0.1) is 0 Å². The molecule has 0 unspecified atom stereocenters. The van der Waals surface area contributed by atoms with E-state index >= 15 is 0 Å². The summed E-state index contributed by atoms with van der Waals surface area (Å²) in [5.41, 5.74) is 7.52. The zero-order valence-electron chi connectivity index (χ0n) is 26.7. The molecule has 1 fully saturated rings. The highest BCUT2D eigenvalue weighted by molar-refractivity contribution is 6.07. The fourth-order valence-corrected chi connectivity index (χ4v) is 4.44. The number of phenols is 1. The van der Waals surface area contributed by atoms with Crippen LogP contribution in [0.1, 0.15) is 44.1 Å². The molecule has 0 spiro atoms. The van der Waals surface area contributed by atoms with Gasteiger partial charge in [-0.2, -0.15) is 0 Å². The van der Waals surface area contributed by atoms with Crippen molar-refractivity contribution in [1.29, 1.82) is 0 Å². The molecule has 2 rings (SSSR count). The molecular formula is C29H37N7O15. The highest BCUT2D eigenvalue weighted by Gasteiger charge is 2.42. The van der Waals surface area contributed by atoms with Gasteiger partial charge in [0.1, 0.15) is 23.8 Å². The van der Waals surface area contributed by atoms with E-state index in [0.717, 1.165) is 0 Å². The smallest absolute Gasteiger partial charge is 0.336 e. The molecule has 1 aromatic carbocycles. The van der Waals surface area contributed by atoms with Gasteiger partial charge in [0, 0.05) is 13.0 Å². The second kappa shape index (κ2) is 18.4. The molecule has 4 atom stereocenters. The summed E-state index contributed by atoms with van der Waals surface area (Å²) in [5, 5.41) is 66.2. The Morgan fingerprint density at radius 1 is 0.980 bits per heavy atom. The van der Waals surface area contributed by atoms with Crippen LogP contribution in [0.25, 0.3) is 6.08 Å². The average molecular weight is 724 g/mol. The second-order valence-electron chi connectivity index (χ2n) is 11.1. The van der Waals surface area contributed by atoms with Crippen molar-refractivity contribution in [1.82, 2.24) is 21.3 Å². The van der Waals surface area contributed by atoms with Crippen LogP contribution in [-0.4, -0.2) is 121 Å². The Morgan fingerprint density at radius 3 is 2.14 bits per heavy atom. The molecule has 278 valence electrons. The first kappa shape index (κ1) is 40.7. The van der Waals surface area contributed by atoms with Gasteiger partial charge in [0.25, 0.3) is 5.91 Å². The maximum atomic E-state index is 12.6. The maximum absolute atomic E-state index is 12.6. The summed E-state index contributed by atoms with van der Waals surface area (Å²) >= 11 is 0. The van der Waals surface area contributed by atoms with Crippen LogP contribution in [-0.2, 0) is 38.4 Å². The molecule has 51 heavy (non-hydrogen) atoms. The minimum atomic E-state index is -3.15. The van der Waals surface area contributed by atoms with Gasteiger partial charge in [0.2, 0.25) is 17.7 Å². The Morgan fingerprint density at radius 2 is 1.59 bits per heavy atom. The van der Waals surface area contributed by atoms with Gasteiger partial charge >= 0.3 is 23.9 Å². The van der Waals surface area contributed by atoms with Crippen LogP contribution < -0.4 is 37.5 Å². The summed E-state index contributed by atoms with van der Waals surface area (Å²) in [7, 11) is 0. The number of hydrogen-bond donors (Lipinski definition) is 12. The van der Waals surface area contributed by atoms with Crippen LogP contribution in [0.5, 0.6) is 11.5 Å². The maximum Gasteiger partial charge on any atom is 0.336 e. The van der Waals surface area contributed by atoms with Crippen LogP contribution >= 0.6 is 0 Å². The number of nitrogens with two attached hydrogens (primary N) is 2. The molecule has 22 heteroatoms. The first-order chi connectivity index (χ1) is 23.8. The number of carbonyl (C=O) groups is 8. The molecule has 1 saturated heterocycles. The van der Waals surface area contributed by atoms with E-state index in [9.17, 15) is 58.8 Å². The monoisotopic (exact) mass is 723 g/mol. The number of nitrogens with zero attached hydrogens (tertiary/aromatic N) is 1. The number of amides is 4. The molecule has 0 saturated carbocycles. The Balaban J connectivity index is 2.02. The topological polar surface area (TPSA) is 380 Å².